The molecule has 0 N–H and O–H groups in total. The molecule has 41 heavy (non-hydrogen) atoms. The molecule has 0 aliphatic carbocycles. The molecule has 0 atom stereocenters. The Hall–Kier alpha value is -4.11. The van der Waals surface area contributed by atoms with Gasteiger partial charge in [-0.1, -0.05) is 37.3 Å². The van der Waals surface area contributed by atoms with Crippen molar-refractivity contribution in [1.82, 2.24) is 4.57 Å². The van der Waals surface area contributed by atoms with E-state index in [1.54, 1.807) is 6.92 Å². The standard InChI is InChI=1S/C29H18F8N2OS/c1-2-41-26-9-7-17(11-23(26)29(35,36)37)16-4-3-5-18(10-16)25-13-22(28(32,33)34)21(14-38)27(40)39(25)15-19-6-8-20(30)12-24(19)31/h3-13H,2,15H2,1H3. The van der Waals surface area contributed by atoms with Gasteiger partial charge in [0.2, 0.25) is 0 Å². The van der Waals surface area contributed by atoms with Crippen LogP contribution >= 0.6 is 11.8 Å². The van der Waals surface area contributed by atoms with Crippen LogP contribution in [0.5, 0.6) is 0 Å². The van der Waals surface area contributed by atoms with Gasteiger partial charge in [-0.15, -0.1) is 11.8 Å². The fourth-order valence-corrected chi connectivity index (χ4v) is 5.07. The Kier molecular flexibility index (Phi) is 8.31. The van der Waals surface area contributed by atoms with Crippen LogP contribution in [0.25, 0.3) is 22.4 Å². The number of hydrogen-bond donors (Lipinski definition) is 0. The first-order valence-corrected chi connectivity index (χ1v) is 12.9. The summed E-state index contributed by atoms with van der Waals surface area (Å²) in [6.45, 7) is 1.05. The van der Waals surface area contributed by atoms with Gasteiger partial charge in [-0.3, -0.25) is 4.79 Å². The smallest absolute Gasteiger partial charge is 0.303 e. The topological polar surface area (TPSA) is 45.8 Å². The molecule has 0 bridgehead atoms. The number of nitrogens with zero attached hydrogens (tertiary/aromatic N) is 2. The number of hydrogen-bond acceptors (Lipinski definition) is 3. The van der Waals surface area contributed by atoms with E-state index >= 15 is 0 Å². The summed E-state index contributed by atoms with van der Waals surface area (Å²) in [5.41, 5.74) is -5.32. The van der Waals surface area contributed by atoms with E-state index in [0.29, 0.717) is 17.9 Å². The molecule has 3 aromatic carbocycles. The van der Waals surface area contributed by atoms with Gasteiger partial charge in [0.1, 0.15) is 23.3 Å². The molecule has 4 rings (SSSR count). The first kappa shape index (κ1) is 29.9. The molecule has 0 saturated carbocycles. The van der Waals surface area contributed by atoms with Crippen molar-refractivity contribution in [3.8, 4) is 28.5 Å². The molecule has 0 aliphatic rings. The normalized spacial score (nSPS) is 11.9. The Labute approximate surface area is 232 Å². The van der Waals surface area contributed by atoms with Crippen LogP contribution in [-0.4, -0.2) is 10.3 Å². The summed E-state index contributed by atoms with van der Waals surface area (Å²) in [5.74, 6) is -1.59. The molecule has 0 amide bonds. The van der Waals surface area contributed by atoms with E-state index in [9.17, 15) is 45.2 Å². The molecule has 0 unspecified atom stereocenters. The van der Waals surface area contributed by atoms with Gasteiger partial charge < -0.3 is 4.57 Å². The number of pyridine rings is 1. The monoisotopic (exact) mass is 594 g/mol. The predicted octanol–water partition coefficient (Wildman–Crippen LogP) is 8.53. The van der Waals surface area contributed by atoms with E-state index in [1.165, 1.54) is 42.5 Å². The summed E-state index contributed by atoms with van der Waals surface area (Å²) in [4.78, 5) is 13.2. The maximum atomic E-state index is 14.5. The highest BCUT2D eigenvalue weighted by Gasteiger charge is 2.37. The lowest BCUT2D eigenvalue weighted by Crippen LogP contribution is -2.29. The molecule has 0 aliphatic heterocycles. The number of benzene rings is 3. The first-order valence-electron chi connectivity index (χ1n) is 11.9. The number of rotatable bonds is 6. The van der Waals surface area contributed by atoms with Crippen LogP contribution in [0, 0.1) is 23.0 Å². The molecule has 3 nitrogen and oxygen atoms in total. The van der Waals surface area contributed by atoms with E-state index in [0.717, 1.165) is 34.5 Å². The maximum Gasteiger partial charge on any atom is 0.417 e. The van der Waals surface area contributed by atoms with E-state index in [1.807, 2.05) is 0 Å². The van der Waals surface area contributed by atoms with Gasteiger partial charge in [0.15, 0.2) is 0 Å². The van der Waals surface area contributed by atoms with Crippen LogP contribution in [0.4, 0.5) is 35.1 Å². The quantitative estimate of drug-likeness (QED) is 0.166. The zero-order valence-electron chi connectivity index (χ0n) is 21.0. The summed E-state index contributed by atoms with van der Waals surface area (Å²) < 4.78 is 112. The summed E-state index contributed by atoms with van der Waals surface area (Å²) in [6.07, 6.45) is -9.77. The van der Waals surface area contributed by atoms with Gasteiger partial charge in [-0.05, 0) is 52.8 Å². The number of alkyl halides is 6. The number of nitriles is 1. The summed E-state index contributed by atoms with van der Waals surface area (Å²) in [5, 5.41) is 9.37. The second-order valence-electron chi connectivity index (χ2n) is 8.78. The minimum Gasteiger partial charge on any atom is -0.303 e. The zero-order chi connectivity index (χ0) is 30.1. The van der Waals surface area contributed by atoms with Crippen LogP contribution < -0.4 is 5.56 Å². The van der Waals surface area contributed by atoms with Crippen molar-refractivity contribution in [2.24, 2.45) is 0 Å². The molecular weight excluding hydrogens is 576 g/mol. The minimum absolute atomic E-state index is 0.0111. The third kappa shape index (κ3) is 6.30. The average molecular weight is 595 g/mol. The van der Waals surface area contributed by atoms with Crippen molar-refractivity contribution in [3.63, 3.8) is 0 Å². The van der Waals surface area contributed by atoms with Crippen molar-refractivity contribution in [1.29, 1.82) is 5.26 Å². The molecule has 0 spiro atoms. The maximum absolute atomic E-state index is 14.5. The largest absolute Gasteiger partial charge is 0.417 e. The van der Waals surface area contributed by atoms with Gasteiger partial charge in [0.25, 0.3) is 5.56 Å². The molecule has 212 valence electrons. The van der Waals surface area contributed by atoms with Crippen molar-refractivity contribution in [2.45, 2.75) is 30.7 Å². The van der Waals surface area contributed by atoms with Gasteiger partial charge >= 0.3 is 12.4 Å². The first-order chi connectivity index (χ1) is 19.2. The number of halogens is 8. The van der Waals surface area contributed by atoms with Gasteiger partial charge in [0.05, 0.1) is 23.4 Å². The highest BCUT2D eigenvalue weighted by molar-refractivity contribution is 7.99. The van der Waals surface area contributed by atoms with E-state index in [-0.39, 0.29) is 32.8 Å². The third-order valence-corrected chi connectivity index (χ3v) is 7.09. The second-order valence-corrected chi connectivity index (χ2v) is 10.1. The van der Waals surface area contributed by atoms with Gasteiger partial charge in [-0.2, -0.15) is 31.6 Å². The lowest BCUT2D eigenvalue weighted by Gasteiger charge is -2.19. The molecular formula is C29H18F8N2OS. The number of aromatic nitrogens is 1. The molecule has 12 heteroatoms. The summed E-state index contributed by atoms with van der Waals surface area (Å²) in [7, 11) is 0. The van der Waals surface area contributed by atoms with Crippen LogP contribution in [-0.2, 0) is 18.9 Å². The minimum atomic E-state index is -5.11. The predicted molar refractivity (Wildman–Crippen MR) is 138 cm³/mol. The second kappa shape index (κ2) is 11.4. The third-order valence-electron chi connectivity index (χ3n) is 6.14. The Morgan fingerprint density at radius 2 is 1.49 bits per heavy atom. The Balaban J connectivity index is 1.95. The molecule has 0 radical (unpaired) electrons. The molecule has 1 aromatic heterocycles. The van der Waals surface area contributed by atoms with Crippen molar-refractivity contribution >= 4 is 11.8 Å². The Morgan fingerprint density at radius 3 is 2.10 bits per heavy atom. The fraction of sp³-hybridized carbons (Fsp3) is 0.172. The van der Waals surface area contributed by atoms with E-state index in [2.05, 4.69) is 0 Å². The number of thioether (sulfide) groups is 1. The van der Waals surface area contributed by atoms with Crippen LogP contribution in [0.15, 0.2) is 76.4 Å². The van der Waals surface area contributed by atoms with Gasteiger partial charge in [-0.25, -0.2) is 8.78 Å². The fourth-order valence-electron chi connectivity index (χ4n) is 4.26. The Morgan fingerprint density at radius 1 is 0.829 bits per heavy atom. The molecule has 4 aromatic rings. The lowest BCUT2D eigenvalue weighted by molar-refractivity contribution is -0.140. The molecule has 0 fully saturated rings. The van der Waals surface area contributed by atoms with Crippen molar-refractivity contribution in [2.75, 3.05) is 5.75 Å². The van der Waals surface area contributed by atoms with Crippen molar-refractivity contribution in [3.05, 3.63) is 111 Å². The SMILES string of the molecule is CCSc1ccc(-c2cccc(-c3cc(C(F)(F)F)c(C#N)c(=O)n3Cc3ccc(F)cc3F)c2)cc1C(F)(F)F. The zero-order valence-corrected chi connectivity index (χ0v) is 21.8. The average Bonchev–Trinajstić information content (AvgIpc) is 2.90. The highest BCUT2D eigenvalue weighted by atomic mass is 32.2. The summed E-state index contributed by atoms with van der Waals surface area (Å²) in [6, 6.07) is 13.4. The molecule has 1 heterocycles. The van der Waals surface area contributed by atoms with Crippen LogP contribution in [0.1, 0.15) is 29.2 Å². The highest BCUT2D eigenvalue weighted by Crippen LogP contribution is 2.40. The van der Waals surface area contributed by atoms with Crippen LogP contribution in [0.2, 0.25) is 0 Å². The van der Waals surface area contributed by atoms with E-state index < -0.39 is 52.8 Å². The lowest BCUT2D eigenvalue weighted by atomic mass is 9.98. The van der Waals surface area contributed by atoms with Crippen LogP contribution in [0.3, 0.4) is 0 Å². The van der Waals surface area contributed by atoms with E-state index in [4.69, 9.17) is 0 Å². The van der Waals surface area contributed by atoms with Gasteiger partial charge in [0, 0.05) is 16.5 Å². The van der Waals surface area contributed by atoms with Crippen molar-refractivity contribution < 1.29 is 35.1 Å². The Bertz CT molecular complexity index is 1720. The summed E-state index contributed by atoms with van der Waals surface area (Å²) >= 11 is 1.00. The molecule has 0 saturated heterocycles.